The van der Waals surface area contributed by atoms with E-state index in [0.29, 0.717) is 24.3 Å². The minimum atomic E-state index is 0.589. The molecule has 0 aliphatic carbocycles. The summed E-state index contributed by atoms with van der Waals surface area (Å²) in [5.41, 5.74) is 0. The van der Waals surface area contributed by atoms with Crippen molar-refractivity contribution in [2.45, 2.75) is 31.7 Å². The van der Waals surface area contributed by atoms with Gasteiger partial charge in [0.1, 0.15) is 0 Å². The van der Waals surface area contributed by atoms with Gasteiger partial charge in [-0.15, -0.1) is 0 Å². The number of nitrogens with one attached hydrogen (secondary N) is 1. The summed E-state index contributed by atoms with van der Waals surface area (Å²) in [5, 5.41) is 3.50. The molecule has 0 bridgehead atoms. The summed E-state index contributed by atoms with van der Waals surface area (Å²) in [5.74, 6) is 1.29. The van der Waals surface area contributed by atoms with Crippen LogP contribution in [-0.4, -0.2) is 31.3 Å². The molecule has 0 amide bonds. The number of hydrogen-bond acceptors (Lipinski definition) is 4. The van der Waals surface area contributed by atoms with Crippen LogP contribution < -0.4 is 14.8 Å². The summed E-state index contributed by atoms with van der Waals surface area (Å²) in [6, 6.07) is 4.30. The zero-order valence-electron chi connectivity index (χ0n) is 10.3. The zero-order valence-corrected chi connectivity index (χ0v) is 10.3. The first kappa shape index (κ1) is 12.2. The largest absolute Gasteiger partial charge is 0.491 e. The van der Waals surface area contributed by atoms with Gasteiger partial charge in [-0.25, -0.2) is 4.98 Å². The molecule has 1 aliphatic heterocycles. The number of hydrogen-bond donors (Lipinski definition) is 1. The maximum atomic E-state index is 5.65. The van der Waals surface area contributed by atoms with Crippen LogP contribution >= 0.6 is 0 Å². The molecule has 1 N–H and O–H groups in total. The summed E-state index contributed by atoms with van der Waals surface area (Å²) in [6.45, 7) is 1.82. The Morgan fingerprint density at radius 1 is 1.47 bits per heavy atom. The fourth-order valence-corrected chi connectivity index (χ4v) is 2.11. The Kier molecular flexibility index (Phi) is 4.62. The van der Waals surface area contributed by atoms with Gasteiger partial charge in [-0.05, 0) is 37.9 Å². The van der Waals surface area contributed by atoms with E-state index in [4.69, 9.17) is 9.47 Å². The van der Waals surface area contributed by atoms with Crippen LogP contribution in [-0.2, 0) is 0 Å². The number of pyridine rings is 1. The number of methoxy groups -OCH3 is 1. The lowest BCUT2D eigenvalue weighted by molar-refractivity contribution is 0.248. The molecular weight excluding hydrogens is 216 g/mol. The van der Waals surface area contributed by atoms with E-state index in [1.165, 1.54) is 19.3 Å². The van der Waals surface area contributed by atoms with Gasteiger partial charge in [0.25, 0.3) is 5.88 Å². The second-order valence-electron chi connectivity index (χ2n) is 4.29. The zero-order chi connectivity index (χ0) is 11.9. The van der Waals surface area contributed by atoms with Crippen LogP contribution in [0.15, 0.2) is 18.3 Å². The minimum absolute atomic E-state index is 0.589. The Hall–Kier alpha value is -1.29. The number of piperidine rings is 1. The predicted octanol–water partition coefficient (Wildman–Crippen LogP) is 2.00. The van der Waals surface area contributed by atoms with Crippen LogP contribution in [0.25, 0.3) is 0 Å². The molecule has 1 saturated heterocycles. The molecule has 0 aromatic carbocycles. The normalized spacial score (nSPS) is 19.9. The first-order chi connectivity index (χ1) is 8.40. The second kappa shape index (κ2) is 6.45. The third-order valence-corrected chi connectivity index (χ3v) is 3.07. The number of ether oxygens (including phenoxy) is 2. The Labute approximate surface area is 102 Å². The number of nitrogens with zero attached hydrogens (tertiary/aromatic N) is 1. The van der Waals surface area contributed by atoms with E-state index in [2.05, 4.69) is 10.3 Å². The molecule has 0 spiro atoms. The van der Waals surface area contributed by atoms with Crippen molar-refractivity contribution < 1.29 is 9.47 Å². The lowest BCUT2D eigenvalue weighted by atomic mass is 10.0. The van der Waals surface area contributed by atoms with Gasteiger partial charge in [0.05, 0.1) is 13.7 Å². The third kappa shape index (κ3) is 3.60. The Bertz CT molecular complexity index is 338. The summed E-state index contributed by atoms with van der Waals surface area (Å²) in [7, 11) is 1.63. The highest BCUT2D eigenvalue weighted by molar-refractivity contribution is 5.32. The summed E-state index contributed by atoms with van der Waals surface area (Å²) < 4.78 is 10.8. The van der Waals surface area contributed by atoms with Crippen molar-refractivity contribution in [2.75, 3.05) is 20.3 Å². The van der Waals surface area contributed by atoms with E-state index in [1.54, 1.807) is 13.3 Å². The molecule has 94 valence electrons. The molecular formula is C13H20N2O2. The predicted molar refractivity (Wildman–Crippen MR) is 66.5 cm³/mol. The van der Waals surface area contributed by atoms with E-state index in [-0.39, 0.29) is 0 Å². The van der Waals surface area contributed by atoms with E-state index < -0.39 is 0 Å². The molecule has 1 atom stereocenters. The lowest BCUT2D eigenvalue weighted by Crippen LogP contribution is -2.35. The highest BCUT2D eigenvalue weighted by Gasteiger charge is 2.12. The van der Waals surface area contributed by atoms with Crippen molar-refractivity contribution in [2.24, 2.45) is 0 Å². The highest BCUT2D eigenvalue weighted by Crippen LogP contribution is 2.23. The molecule has 1 aromatic rings. The van der Waals surface area contributed by atoms with E-state index in [1.807, 2.05) is 12.1 Å². The molecule has 2 rings (SSSR count). The van der Waals surface area contributed by atoms with Crippen molar-refractivity contribution in [1.82, 2.24) is 10.3 Å². The quantitative estimate of drug-likeness (QED) is 0.849. The summed E-state index contributed by atoms with van der Waals surface area (Å²) in [4.78, 5) is 4.16. The molecule has 17 heavy (non-hydrogen) atoms. The van der Waals surface area contributed by atoms with Crippen LogP contribution in [0, 0.1) is 0 Å². The van der Waals surface area contributed by atoms with Crippen molar-refractivity contribution in [1.29, 1.82) is 0 Å². The van der Waals surface area contributed by atoms with Crippen molar-refractivity contribution in [3.05, 3.63) is 18.3 Å². The first-order valence-electron chi connectivity index (χ1n) is 6.25. The highest BCUT2D eigenvalue weighted by atomic mass is 16.5. The maximum absolute atomic E-state index is 5.65. The van der Waals surface area contributed by atoms with Crippen molar-refractivity contribution >= 4 is 0 Å². The molecule has 1 aliphatic rings. The van der Waals surface area contributed by atoms with Crippen LogP contribution in [0.1, 0.15) is 25.7 Å². The molecule has 4 nitrogen and oxygen atoms in total. The van der Waals surface area contributed by atoms with Crippen LogP contribution in [0.3, 0.4) is 0 Å². The van der Waals surface area contributed by atoms with Crippen LogP contribution in [0.2, 0.25) is 0 Å². The van der Waals surface area contributed by atoms with Gasteiger partial charge in [0, 0.05) is 12.2 Å². The molecule has 1 fully saturated rings. The monoisotopic (exact) mass is 236 g/mol. The smallest absolute Gasteiger partial charge is 0.256 e. The molecule has 2 heterocycles. The number of aromatic nitrogens is 1. The van der Waals surface area contributed by atoms with Gasteiger partial charge >= 0.3 is 0 Å². The number of rotatable bonds is 5. The van der Waals surface area contributed by atoms with Gasteiger partial charge in [-0.2, -0.15) is 0 Å². The van der Waals surface area contributed by atoms with Gasteiger partial charge in [0.2, 0.25) is 0 Å². The third-order valence-electron chi connectivity index (χ3n) is 3.07. The maximum Gasteiger partial charge on any atom is 0.256 e. The molecule has 4 heteroatoms. The van der Waals surface area contributed by atoms with Gasteiger partial charge in [-0.1, -0.05) is 6.42 Å². The minimum Gasteiger partial charge on any atom is -0.491 e. The molecule has 0 radical (unpaired) electrons. The lowest BCUT2D eigenvalue weighted by Gasteiger charge is -2.23. The average Bonchev–Trinajstić information content (AvgIpc) is 2.40. The van der Waals surface area contributed by atoms with Crippen molar-refractivity contribution in [3.63, 3.8) is 0 Å². The van der Waals surface area contributed by atoms with E-state index >= 15 is 0 Å². The SMILES string of the molecule is COc1cccnc1OCCC1CCCCN1. The molecule has 0 saturated carbocycles. The topological polar surface area (TPSA) is 43.4 Å². The Balaban J connectivity index is 1.77. The van der Waals surface area contributed by atoms with E-state index in [9.17, 15) is 0 Å². The van der Waals surface area contributed by atoms with Gasteiger partial charge < -0.3 is 14.8 Å². The fraction of sp³-hybridized carbons (Fsp3) is 0.615. The van der Waals surface area contributed by atoms with Gasteiger partial charge in [-0.3, -0.25) is 0 Å². The Morgan fingerprint density at radius 2 is 2.41 bits per heavy atom. The average molecular weight is 236 g/mol. The standard InChI is InChI=1S/C13H20N2O2/c1-16-12-6-4-9-15-13(12)17-10-7-11-5-2-3-8-14-11/h4,6,9,11,14H,2-3,5,7-8,10H2,1H3. The van der Waals surface area contributed by atoms with Crippen LogP contribution in [0.4, 0.5) is 0 Å². The Morgan fingerprint density at radius 3 is 3.18 bits per heavy atom. The molecule has 1 aromatic heterocycles. The first-order valence-corrected chi connectivity index (χ1v) is 6.25. The summed E-state index contributed by atoms with van der Waals surface area (Å²) >= 11 is 0. The van der Waals surface area contributed by atoms with Crippen molar-refractivity contribution in [3.8, 4) is 11.6 Å². The second-order valence-corrected chi connectivity index (χ2v) is 4.29. The summed E-state index contributed by atoms with van der Waals surface area (Å²) in [6.07, 6.45) is 6.62. The molecule has 1 unspecified atom stereocenters. The fourth-order valence-electron chi connectivity index (χ4n) is 2.11. The van der Waals surface area contributed by atoms with Gasteiger partial charge in [0.15, 0.2) is 5.75 Å². The van der Waals surface area contributed by atoms with E-state index in [0.717, 1.165) is 13.0 Å². The van der Waals surface area contributed by atoms with Crippen LogP contribution in [0.5, 0.6) is 11.6 Å².